The first-order valence-electron chi connectivity index (χ1n) is 7.82. The number of aryl methyl sites for hydroxylation is 1. The van der Waals surface area contributed by atoms with E-state index in [1.165, 1.54) is 23.9 Å². The van der Waals surface area contributed by atoms with Crippen molar-refractivity contribution in [3.05, 3.63) is 71.5 Å². The smallest absolute Gasteiger partial charge is 0.335 e. The van der Waals surface area contributed by atoms with Gasteiger partial charge in [-0.25, -0.2) is 14.8 Å². The minimum Gasteiger partial charge on any atom is -0.478 e. The maximum absolute atomic E-state index is 11.1. The molecular formula is C19H18N4O2. The standard InChI is InChI=1S/C19H18N4O2/c1-13-3-5-14(6-4-13)12-23(2)19-21-10-8-16(22-19)17-11-15(18(24)25)7-9-20-17/h3-11H,12H2,1-2H3,(H,24,25). The van der Waals surface area contributed by atoms with E-state index >= 15 is 0 Å². The number of rotatable bonds is 5. The highest BCUT2D eigenvalue weighted by Crippen LogP contribution is 2.18. The third-order valence-electron chi connectivity index (χ3n) is 3.79. The molecule has 0 amide bonds. The summed E-state index contributed by atoms with van der Waals surface area (Å²) < 4.78 is 0. The highest BCUT2D eigenvalue weighted by atomic mass is 16.4. The lowest BCUT2D eigenvalue weighted by molar-refractivity contribution is 0.0697. The summed E-state index contributed by atoms with van der Waals surface area (Å²) in [6.07, 6.45) is 3.12. The van der Waals surface area contributed by atoms with Gasteiger partial charge in [-0.3, -0.25) is 4.98 Å². The van der Waals surface area contributed by atoms with Crippen LogP contribution in [-0.4, -0.2) is 33.1 Å². The maximum atomic E-state index is 11.1. The van der Waals surface area contributed by atoms with Crippen LogP contribution in [0, 0.1) is 6.92 Å². The summed E-state index contributed by atoms with van der Waals surface area (Å²) in [4.78, 5) is 26.1. The molecule has 126 valence electrons. The van der Waals surface area contributed by atoms with Gasteiger partial charge in [-0.2, -0.15) is 0 Å². The van der Waals surface area contributed by atoms with Crippen molar-refractivity contribution in [2.24, 2.45) is 0 Å². The molecule has 0 spiro atoms. The normalized spacial score (nSPS) is 10.5. The molecule has 0 radical (unpaired) electrons. The summed E-state index contributed by atoms with van der Waals surface area (Å²) in [5.74, 6) is -0.435. The van der Waals surface area contributed by atoms with Gasteiger partial charge < -0.3 is 10.0 Å². The molecule has 0 saturated carbocycles. The van der Waals surface area contributed by atoms with Crippen molar-refractivity contribution in [2.45, 2.75) is 13.5 Å². The lowest BCUT2D eigenvalue weighted by Gasteiger charge is -2.17. The average molecular weight is 334 g/mol. The van der Waals surface area contributed by atoms with Crippen LogP contribution in [0.5, 0.6) is 0 Å². The predicted molar refractivity (Wildman–Crippen MR) is 95.5 cm³/mol. The number of benzene rings is 1. The van der Waals surface area contributed by atoms with Crippen molar-refractivity contribution in [2.75, 3.05) is 11.9 Å². The number of carboxylic acids is 1. The molecule has 0 unspecified atom stereocenters. The van der Waals surface area contributed by atoms with Gasteiger partial charge in [-0.1, -0.05) is 29.8 Å². The van der Waals surface area contributed by atoms with Gasteiger partial charge >= 0.3 is 5.97 Å². The fourth-order valence-corrected chi connectivity index (χ4v) is 2.42. The highest BCUT2D eigenvalue weighted by Gasteiger charge is 2.10. The second-order valence-electron chi connectivity index (χ2n) is 5.82. The number of anilines is 1. The number of carbonyl (C=O) groups is 1. The predicted octanol–water partition coefficient (Wildman–Crippen LogP) is 3.18. The molecule has 0 aliphatic carbocycles. The van der Waals surface area contributed by atoms with E-state index in [1.54, 1.807) is 12.3 Å². The second-order valence-corrected chi connectivity index (χ2v) is 5.82. The Kier molecular flexibility index (Phi) is 4.70. The van der Waals surface area contributed by atoms with Crippen LogP contribution in [0.15, 0.2) is 54.9 Å². The van der Waals surface area contributed by atoms with Crippen molar-refractivity contribution in [3.8, 4) is 11.4 Å². The Bertz CT molecular complexity index is 894. The number of hydrogen-bond acceptors (Lipinski definition) is 5. The molecule has 3 rings (SSSR count). The molecule has 6 heteroatoms. The molecule has 25 heavy (non-hydrogen) atoms. The Balaban J connectivity index is 1.84. The van der Waals surface area contributed by atoms with Crippen molar-refractivity contribution in [3.63, 3.8) is 0 Å². The van der Waals surface area contributed by atoms with Crippen LogP contribution >= 0.6 is 0 Å². The van der Waals surface area contributed by atoms with Gasteiger partial charge in [-0.05, 0) is 30.7 Å². The number of nitrogens with zero attached hydrogens (tertiary/aromatic N) is 4. The first-order chi connectivity index (χ1) is 12.0. The molecule has 1 N–H and O–H groups in total. The number of pyridine rings is 1. The van der Waals surface area contributed by atoms with Gasteiger partial charge in [-0.15, -0.1) is 0 Å². The third kappa shape index (κ3) is 3.98. The van der Waals surface area contributed by atoms with E-state index in [0.717, 1.165) is 5.56 Å². The van der Waals surface area contributed by atoms with Gasteiger partial charge in [0.15, 0.2) is 0 Å². The molecule has 0 bridgehead atoms. The largest absolute Gasteiger partial charge is 0.478 e. The molecule has 6 nitrogen and oxygen atoms in total. The summed E-state index contributed by atoms with van der Waals surface area (Å²) in [5.41, 5.74) is 3.65. The lowest BCUT2D eigenvalue weighted by Crippen LogP contribution is -2.19. The van der Waals surface area contributed by atoms with Gasteiger partial charge in [0.05, 0.1) is 17.0 Å². The quantitative estimate of drug-likeness (QED) is 0.772. The topological polar surface area (TPSA) is 79.2 Å². The van der Waals surface area contributed by atoms with Crippen molar-refractivity contribution in [1.82, 2.24) is 15.0 Å². The highest BCUT2D eigenvalue weighted by molar-refractivity contribution is 5.88. The minimum atomic E-state index is -0.991. The van der Waals surface area contributed by atoms with Crippen LogP contribution in [0.2, 0.25) is 0 Å². The van der Waals surface area contributed by atoms with E-state index in [9.17, 15) is 4.79 Å². The third-order valence-corrected chi connectivity index (χ3v) is 3.79. The minimum absolute atomic E-state index is 0.179. The van der Waals surface area contributed by atoms with E-state index in [4.69, 9.17) is 5.11 Å². The molecule has 2 aromatic heterocycles. The maximum Gasteiger partial charge on any atom is 0.335 e. The van der Waals surface area contributed by atoms with Crippen molar-refractivity contribution >= 4 is 11.9 Å². The Hall–Kier alpha value is -3.28. The van der Waals surface area contributed by atoms with Crippen LogP contribution in [0.25, 0.3) is 11.4 Å². The summed E-state index contributed by atoms with van der Waals surface area (Å²) in [5, 5.41) is 9.11. The fraction of sp³-hybridized carbons (Fsp3) is 0.158. The van der Waals surface area contributed by atoms with E-state index < -0.39 is 5.97 Å². The van der Waals surface area contributed by atoms with Crippen LogP contribution in [0.1, 0.15) is 21.5 Å². The number of aromatic carboxylic acids is 1. The van der Waals surface area contributed by atoms with Gasteiger partial charge in [0, 0.05) is 26.0 Å². The molecular weight excluding hydrogens is 316 g/mol. The van der Waals surface area contributed by atoms with Gasteiger partial charge in [0.2, 0.25) is 5.95 Å². The lowest BCUT2D eigenvalue weighted by atomic mass is 10.1. The second kappa shape index (κ2) is 7.09. The number of hydrogen-bond donors (Lipinski definition) is 1. The Labute approximate surface area is 145 Å². The zero-order valence-corrected chi connectivity index (χ0v) is 14.0. The van der Waals surface area contributed by atoms with E-state index in [0.29, 0.717) is 23.9 Å². The molecule has 2 heterocycles. The zero-order chi connectivity index (χ0) is 17.8. The zero-order valence-electron chi connectivity index (χ0n) is 14.0. The molecule has 0 saturated heterocycles. The Morgan fingerprint density at radius 2 is 1.76 bits per heavy atom. The molecule has 0 aliphatic heterocycles. The van der Waals surface area contributed by atoms with Crippen LogP contribution in [0.4, 0.5) is 5.95 Å². The fourth-order valence-electron chi connectivity index (χ4n) is 2.42. The Morgan fingerprint density at radius 3 is 2.48 bits per heavy atom. The molecule has 1 aromatic carbocycles. The van der Waals surface area contributed by atoms with E-state index in [2.05, 4.69) is 46.1 Å². The van der Waals surface area contributed by atoms with Crippen LogP contribution in [-0.2, 0) is 6.54 Å². The summed E-state index contributed by atoms with van der Waals surface area (Å²) in [7, 11) is 1.92. The van der Waals surface area contributed by atoms with Gasteiger partial charge in [0.1, 0.15) is 0 Å². The van der Waals surface area contributed by atoms with Crippen LogP contribution < -0.4 is 4.90 Å². The van der Waals surface area contributed by atoms with E-state index in [-0.39, 0.29) is 5.56 Å². The molecule has 0 atom stereocenters. The summed E-state index contributed by atoms with van der Waals surface area (Å²) in [6.45, 7) is 2.73. The number of aromatic nitrogens is 3. The first kappa shape index (κ1) is 16.6. The van der Waals surface area contributed by atoms with Crippen molar-refractivity contribution in [1.29, 1.82) is 0 Å². The molecule has 0 fully saturated rings. The SMILES string of the molecule is Cc1ccc(CN(C)c2nccc(-c3cc(C(=O)O)ccn3)n2)cc1. The first-order valence-corrected chi connectivity index (χ1v) is 7.82. The number of carboxylic acid groups (broad SMARTS) is 1. The summed E-state index contributed by atoms with van der Waals surface area (Å²) >= 11 is 0. The molecule has 3 aromatic rings. The average Bonchev–Trinajstić information content (AvgIpc) is 2.64. The van der Waals surface area contributed by atoms with Crippen LogP contribution in [0.3, 0.4) is 0 Å². The summed E-state index contributed by atoms with van der Waals surface area (Å²) in [6, 6.07) is 13.0. The monoisotopic (exact) mass is 334 g/mol. The van der Waals surface area contributed by atoms with Crippen molar-refractivity contribution < 1.29 is 9.90 Å². The van der Waals surface area contributed by atoms with Gasteiger partial charge in [0.25, 0.3) is 0 Å². The Morgan fingerprint density at radius 1 is 1.04 bits per heavy atom. The molecule has 0 aliphatic rings. The van der Waals surface area contributed by atoms with E-state index in [1.807, 2.05) is 11.9 Å².